The standard InChI is InChI=1S/C19H24N2O4/c1-19(2,3)25-18(23)21(4)14-6-7-16(17(10-14)24-5)15-8-9-20-11-13(15)12-22/h8-12H,6-7H2,1-5H3. The van der Waals surface area contributed by atoms with Gasteiger partial charge in [-0.05, 0) is 45.2 Å². The van der Waals surface area contributed by atoms with E-state index in [1.165, 1.54) is 11.1 Å². The third kappa shape index (κ3) is 4.47. The maximum absolute atomic E-state index is 12.3. The number of aromatic nitrogens is 1. The van der Waals surface area contributed by atoms with Crippen LogP contribution in [-0.2, 0) is 9.47 Å². The molecule has 134 valence electrons. The summed E-state index contributed by atoms with van der Waals surface area (Å²) in [6.45, 7) is 5.49. The number of ether oxygens (including phenoxy) is 2. The lowest BCUT2D eigenvalue weighted by molar-refractivity contribution is 0.0347. The number of amides is 1. The zero-order valence-electron chi connectivity index (χ0n) is 15.3. The molecule has 6 nitrogen and oxygen atoms in total. The zero-order chi connectivity index (χ0) is 18.6. The van der Waals surface area contributed by atoms with E-state index in [-0.39, 0.29) is 0 Å². The van der Waals surface area contributed by atoms with Gasteiger partial charge in [-0.25, -0.2) is 4.79 Å². The molecule has 0 aliphatic heterocycles. The summed E-state index contributed by atoms with van der Waals surface area (Å²) >= 11 is 0. The van der Waals surface area contributed by atoms with E-state index in [1.54, 1.807) is 26.4 Å². The van der Waals surface area contributed by atoms with Gasteiger partial charge in [0.1, 0.15) is 11.4 Å². The molecule has 0 N–H and O–H groups in total. The lowest BCUT2D eigenvalue weighted by Crippen LogP contribution is -2.34. The Balaban J connectivity index is 2.34. The van der Waals surface area contributed by atoms with Crippen LogP contribution >= 0.6 is 0 Å². The van der Waals surface area contributed by atoms with Crippen molar-refractivity contribution in [2.24, 2.45) is 0 Å². The predicted octanol–water partition coefficient (Wildman–Crippen LogP) is 3.80. The van der Waals surface area contributed by atoms with Crippen LogP contribution in [0, 0.1) is 0 Å². The first-order chi connectivity index (χ1) is 11.8. The van der Waals surface area contributed by atoms with E-state index in [2.05, 4.69) is 4.98 Å². The van der Waals surface area contributed by atoms with Gasteiger partial charge < -0.3 is 9.47 Å². The molecule has 0 unspecified atom stereocenters. The molecular formula is C19H24N2O4. The van der Waals surface area contributed by atoms with Crippen molar-refractivity contribution < 1.29 is 19.1 Å². The quantitative estimate of drug-likeness (QED) is 0.777. The zero-order valence-corrected chi connectivity index (χ0v) is 15.3. The average molecular weight is 344 g/mol. The van der Waals surface area contributed by atoms with Gasteiger partial charge in [-0.3, -0.25) is 14.7 Å². The van der Waals surface area contributed by atoms with E-state index in [9.17, 15) is 9.59 Å². The third-order valence-corrected chi connectivity index (χ3v) is 3.85. The van der Waals surface area contributed by atoms with Crippen molar-refractivity contribution in [3.05, 3.63) is 47.1 Å². The first-order valence-electron chi connectivity index (χ1n) is 8.11. The van der Waals surface area contributed by atoms with Crippen LogP contribution in [0.5, 0.6) is 0 Å². The second kappa shape index (κ2) is 7.51. The van der Waals surface area contributed by atoms with Crippen LogP contribution < -0.4 is 0 Å². The van der Waals surface area contributed by atoms with Crippen molar-refractivity contribution in [3.63, 3.8) is 0 Å². The largest absolute Gasteiger partial charge is 0.496 e. The number of carbonyl (C=O) groups is 2. The van der Waals surface area contributed by atoms with Crippen LogP contribution in [0.2, 0.25) is 0 Å². The molecule has 6 heteroatoms. The topological polar surface area (TPSA) is 68.7 Å². The molecule has 0 spiro atoms. The summed E-state index contributed by atoms with van der Waals surface area (Å²) in [4.78, 5) is 29.0. The summed E-state index contributed by atoms with van der Waals surface area (Å²) in [7, 11) is 3.26. The Hall–Kier alpha value is -2.63. The molecule has 1 amide bonds. The molecule has 0 aromatic carbocycles. The maximum atomic E-state index is 12.3. The van der Waals surface area contributed by atoms with Crippen molar-refractivity contribution in [2.75, 3.05) is 14.2 Å². The van der Waals surface area contributed by atoms with Gasteiger partial charge in [0.15, 0.2) is 6.29 Å². The molecule has 1 aromatic heterocycles. The monoisotopic (exact) mass is 344 g/mol. The molecule has 1 aliphatic rings. The lowest BCUT2D eigenvalue weighted by atomic mass is 9.92. The number of carbonyl (C=O) groups excluding carboxylic acids is 2. The highest BCUT2D eigenvalue weighted by atomic mass is 16.6. The van der Waals surface area contributed by atoms with Crippen molar-refractivity contribution in [1.82, 2.24) is 9.88 Å². The summed E-state index contributed by atoms with van der Waals surface area (Å²) in [5.41, 5.74) is 2.49. The smallest absolute Gasteiger partial charge is 0.414 e. The van der Waals surface area contributed by atoms with Crippen molar-refractivity contribution in [1.29, 1.82) is 0 Å². The second-order valence-corrected chi connectivity index (χ2v) is 6.80. The molecule has 1 heterocycles. The minimum absolute atomic E-state index is 0.407. The van der Waals surface area contributed by atoms with Gasteiger partial charge in [-0.15, -0.1) is 0 Å². The van der Waals surface area contributed by atoms with E-state index in [0.29, 0.717) is 24.2 Å². The van der Waals surface area contributed by atoms with Gasteiger partial charge in [0.2, 0.25) is 0 Å². The number of methoxy groups -OCH3 is 1. The van der Waals surface area contributed by atoms with Gasteiger partial charge in [-0.2, -0.15) is 0 Å². The molecule has 0 radical (unpaired) electrons. The number of hydrogen-bond donors (Lipinski definition) is 0. The molecule has 0 saturated carbocycles. The number of allylic oxidation sites excluding steroid dienone is 3. The van der Waals surface area contributed by atoms with Gasteiger partial charge in [0.05, 0.1) is 7.11 Å². The number of rotatable bonds is 4. The lowest BCUT2D eigenvalue weighted by Gasteiger charge is -2.28. The fraction of sp³-hybridized carbons (Fsp3) is 0.421. The van der Waals surface area contributed by atoms with Crippen molar-refractivity contribution in [3.8, 4) is 0 Å². The molecule has 0 saturated heterocycles. The Bertz CT molecular complexity index is 729. The van der Waals surface area contributed by atoms with Gasteiger partial charge in [0.25, 0.3) is 0 Å². The highest BCUT2D eigenvalue weighted by Gasteiger charge is 2.25. The summed E-state index contributed by atoms with van der Waals surface area (Å²) in [6, 6.07) is 1.80. The van der Waals surface area contributed by atoms with Gasteiger partial charge in [0, 0.05) is 42.4 Å². The van der Waals surface area contributed by atoms with Crippen LogP contribution in [0.1, 0.15) is 49.5 Å². The summed E-state index contributed by atoms with van der Waals surface area (Å²) in [5.74, 6) is 0.631. The summed E-state index contributed by atoms with van der Waals surface area (Å²) in [6.07, 6.45) is 6.66. The van der Waals surface area contributed by atoms with Gasteiger partial charge >= 0.3 is 6.09 Å². The first kappa shape index (κ1) is 18.7. The van der Waals surface area contributed by atoms with Crippen LogP contribution in [0.25, 0.3) is 5.57 Å². The Morgan fingerprint density at radius 1 is 1.32 bits per heavy atom. The normalized spacial score (nSPS) is 14.7. The molecule has 25 heavy (non-hydrogen) atoms. The molecular weight excluding hydrogens is 320 g/mol. The van der Waals surface area contributed by atoms with E-state index < -0.39 is 11.7 Å². The Labute approximate surface area is 148 Å². The number of pyridine rings is 1. The fourth-order valence-electron chi connectivity index (χ4n) is 2.62. The van der Waals surface area contributed by atoms with E-state index in [4.69, 9.17) is 9.47 Å². The molecule has 0 atom stereocenters. The van der Waals surface area contributed by atoms with E-state index >= 15 is 0 Å². The molecule has 0 fully saturated rings. The van der Waals surface area contributed by atoms with E-state index in [0.717, 1.165) is 23.1 Å². The highest BCUT2D eigenvalue weighted by molar-refractivity contribution is 5.86. The fourth-order valence-corrected chi connectivity index (χ4v) is 2.62. The third-order valence-electron chi connectivity index (χ3n) is 3.85. The van der Waals surface area contributed by atoms with Crippen LogP contribution in [0.4, 0.5) is 4.79 Å². The summed E-state index contributed by atoms with van der Waals surface area (Å²) in [5, 5.41) is 0. The summed E-state index contributed by atoms with van der Waals surface area (Å²) < 4.78 is 10.9. The van der Waals surface area contributed by atoms with E-state index in [1.807, 2.05) is 26.8 Å². The van der Waals surface area contributed by atoms with Crippen LogP contribution in [0.15, 0.2) is 36.0 Å². The Morgan fingerprint density at radius 3 is 2.64 bits per heavy atom. The second-order valence-electron chi connectivity index (χ2n) is 6.80. The molecule has 0 bridgehead atoms. The maximum Gasteiger partial charge on any atom is 0.414 e. The molecule has 2 rings (SSSR count). The number of hydrogen-bond acceptors (Lipinski definition) is 5. The Morgan fingerprint density at radius 2 is 2.04 bits per heavy atom. The van der Waals surface area contributed by atoms with Crippen molar-refractivity contribution >= 4 is 18.0 Å². The Kier molecular flexibility index (Phi) is 5.62. The minimum Gasteiger partial charge on any atom is -0.496 e. The molecule has 1 aromatic rings. The predicted molar refractivity (Wildman–Crippen MR) is 94.9 cm³/mol. The SMILES string of the molecule is COC1=C(c2ccncc2C=O)CCC(N(C)C(=O)OC(C)(C)C)=C1. The van der Waals surface area contributed by atoms with Crippen LogP contribution in [0.3, 0.4) is 0 Å². The minimum atomic E-state index is -0.554. The van der Waals surface area contributed by atoms with Crippen molar-refractivity contribution in [2.45, 2.75) is 39.2 Å². The van der Waals surface area contributed by atoms with Gasteiger partial charge in [-0.1, -0.05) is 0 Å². The first-order valence-corrected chi connectivity index (χ1v) is 8.11. The number of aldehydes is 1. The molecule has 1 aliphatic carbocycles. The number of nitrogens with zero attached hydrogens (tertiary/aromatic N) is 2. The highest BCUT2D eigenvalue weighted by Crippen LogP contribution is 2.34. The van der Waals surface area contributed by atoms with Crippen LogP contribution in [-0.4, -0.2) is 42.0 Å². The average Bonchev–Trinajstić information content (AvgIpc) is 2.59.